The molecule has 0 aliphatic heterocycles. The van der Waals surface area contributed by atoms with Crippen LogP contribution in [0.1, 0.15) is 16.1 Å². The van der Waals surface area contributed by atoms with E-state index in [0.29, 0.717) is 36.2 Å². The molecule has 1 amide bonds. The molecule has 6 nitrogen and oxygen atoms in total. The van der Waals surface area contributed by atoms with Crippen molar-refractivity contribution in [1.82, 2.24) is 20.1 Å². The number of fused-ring (bicyclic) bond motifs is 1. The molecule has 29 heavy (non-hydrogen) atoms. The monoisotopic (exact) mass is 406 g/mol. The Bertz CT molecular complexity index is 1110. The van der Waals surface area contributed by atoms with Gasteiger partial charge in [-0.1, -0.05) is 41.9 Å². The van der Waals surface area contributed by atoms with Crippen LogP contribution in [-0.2, 0) is 6.54 Å². The normalized spacial score (nSPS) is 10.8. The number of hydrogen-bond acceptors (Lipinski definition) is 4. The highest BCUT2D eigenvalue weighted by atomic mass is 35.5. The average Bonchev–Trinajstić information content (AvgIpc) is 3.12. The average molecular weight is 407 g/mol. The summed E-state index contributed by atoms with van der Waals surface area (Å²) in [5.41, 5.74) is 2.36. The number of ether oxygens (including phenoxy) is 1. The van der Waals surface area contributed by atoms with Gasteiger partial charge in [0.2, 0.25) is 0 Å². The van der Waals surface area contributed by atoms with Crippen LogP contribution in [0.15, 0.2) is 73.1 Å². The summed E-state index contributed by atoms with van der Waals surface area (Å²) in [4.78, 5) is 16.7. The van der Waals surface area contributed by atoms with Crippen molar-refractivity contribution in [2.75, 3.05) is 13.2 Å². The first-order valence-corrected chi connectivity index (χ1v) is 9.59. The zero-order valence-electron chi connectivity index (χ0n) is 15.6. The number of carbonyl (C=O) groups is 1. The molecule has 146 valence electrons. The molecule has 4 aromatic rings. The summed E-state index contributed by atoms with van der Waals surface area (Å²) in [6, 6.07) is 18.9. The largest absolute Gasteiger partial charge is 0.490 e. The minimum absolute atomic E-state index is 0.231. The van der Waals surface area contributed by atoms with Gasteiger partial charge in [0.1, 0.15) is 12.4 Å². The summed E-state index contributed by atoms with van der Waals surface area (Å²) in [5.74, 6) is 0.435. The minimum Gasteiger partial charge on any atom is -0.490 e. The number of nitrogens with one attached hydrogen (secondary N) is 1. The highest BCUT2D eigenvalue weighted by Crippen LogP contribution is 2.20. The third-order valence-electron chi connectivity index (χ3n) is 4.41. The van der Waals surface area contributed by atoms with Crippen molar-refractivity contribution in [2.45, 2.75) is 6.54 Å². The fourth-order valence-corrected chi connectivity index (χ4v) is 3.15. The van der Waals surface area contributed by atoms with Gasteiger partial charge in [0, 0.05) is 16.6 Å². The Morgan fingerprint density at radius 2 is 1.90 bits per heavy atom. The molecule has 1 N–H and O–H groups in total. The second-order valence-electron chi connectivity index (χ2n) is 6.44. The minimum atomic E-state index is -0.231. The molecule has 2 aromatic heterocycles. The molecular weight excluding hydrogens is 388 g/mol. The summed E-state index contributed by atoms with van der Waals surface area (Å²) in [5, 5.41) is 8.93. The molecule has 0 aliphatic rings. The Morgan fingerprint density at radius 3 is 2.69 bits per heavy atom. The number of nitrogens with zero attached hydrogens (tertiary/aromatic N) is 3. The van der Waals surface area contributed by atoms with E-state index in [0.717, 1.165) is 16.5 Å². The van der Waals surface area contributed by atoms with E-state index in [-0.39, 0.29) is 5.91 Å². The fourth-order valence-electron chi connectivity index (χ4n) is 3.03. The van der Waals surface area contributed by atoms with E-state index in [9.17, 15) is 4.79 Å². The maximum absolute atomic E-state index is 12.7. The molecule has 0 saturated carbocycles. The van der Waals surface area contributed by atoms with Crippen molar-refractivity contribution in [1.29, 1.82) is 0 Å². The van der Waals surface area contributed by atoms with Crippen LogP contribution in [0, 0.1) is 0 Å². The smallest absolute Gasteiger partial charge is 0.272 e. The van der Waals surface area contributed by atoms with Gasteiger partial charge in [0.05, 0.1) is 24.8 Å². The molecule has 0 spiro atoms. The third-order valence-corrected chi connectivity index (χ3v) is 4.66. The van der Waals surface area contributed by atoms with Gasteiger partial charge in [-0.05, 0) is 35.9 Å². The summed E-state index contributed by atoms with van der Waals surface area (Å²) in [6.07, 6.45) is 3.31. The summed E-state index contributed by atoms with van der Waals surface area (Å²) in [7, 11) is 0. The predicted octanol–water partition coefficient (Wildman–Crippen LogP) is 3.94. The Hall–Kier alpha value is -3.38. The Balaban J connectivity index is 1.46. The fraction of sp³-hybridized carbons (Fsp3) is 0.136. The highest BCUT2D eigenvalue weighted by Gasteiger charge is 2.16. The van der Waals surface area contributed by atoms with Crippen molar-refractivity contribution in [3.8, 4) is 5.75 Å². The van der Waals surface area contributed by atoms with Crippen LogP contribution in [-0.4, -0.2) is 33.8 Å². The molecule has 0 saturated heterocycles. The Morgan fingerprint density at radius 1 is 1.07 bits per heavy atom. The number of pyridine rings is 1. The number of halogens is 1. The van der Waals surface area contributed by atoms with Gasteiger partial charge in [-0.3, -0.25) is 14.5 Å². The molecule has 0 bridgehead atoms. The van der Waals surface area contributed by atoms with Gasteiger partial charge in [-0.25, -0.2) is 0 Å². The number of carbonyl (C=O) groups excluding carboxylic acids is 1. The van der Waals surface area contributed by atoms with Crippen molar-refractivity contribution in [3.05, 3.63) is 89.3 Å². The maximum Gasteiger partial charge on any atom is 0.272 e. The molecule has 0 radical (unpaired) electrons. The molecule has 4 rings (SSSR count). The molecular formula is C22H19ClN4O2. The molecule has 0 aliphatic carbocycles. The van der Waals surface area contributed by atoms with Crippen molar-refractivity contribution < 1.29 is 9.53 Å². The zero-order valence-corrected chi connectivity index (χ0v) is 16.3. The van der Waals surface area contributed by atoms with Gasteiger partial charge in [-0.2, -0.15) is 5.10 Å². The third kappa shape index (κ3) is 4.55. The van der Waals surface area contributed by atoms with Crippen LogP contribution in [0.3, 0.4) is 0 Å². The lowest BCUT2D eigenvalue weighted by atomic mass is 10.2. The van der Waals surface area contributed by atoms with Crippen LogP contribution in [0.25, 0.3) is 10.9 Å². The second kappa shape index (κ2) is 8.75. The molecule has 0 fully saturated rings. The van der Waals surface area contributed by atoms with Crippen molar-refractivity contribution in [2.24, 2.45) is 0 Å². The van der Waals surface area contributed by atoms with E-state index in [1.165, 1.54) is 0 Å². The summed E-state index contributed by atoms with van der Waals surface area (Å²) in [6.45, 7) is 1.27. The highest BCUT2D eigenvalue weighted by molar-refractivity contribution is 6.30. The molecule has 2 heterocycles. The second-order valence-corrected chi connectivity index (χ2v) is 6.88. The lowest BCUT2D eigenvalue weighted by Gasteiger charge is -2.06. The first kappa shape index (κ1) is 19.0. The summed E-state index contributed by atoms with van der Waals surface area (Å²) >= 11 is 5.97. The van der Waals surface area contributed by atoms with E-state index in [4.69, 9.17) is 16.3 Å². The Kier molecular flexibility index (Phi) is 5.72. The number of hydrogen-bond donors (Lipinski definition) is 1. The van der Waals surface area contributed by atoms with E-state index in [1.54, 1.807) is 18.5 Å². The van der Waals surface area contributed by atoms with E-state index in [1.807, 2.05) is 59.3 Å². The van der Waals surface area contributed by atoms with Gasteiger partial charge in [0.25, 0.3) is 5.91 Å². The number of aromatic nitrogens is 3. The molecule has 0 unspecified atom stereocenters. The van der Waals surface area contributed by atoms with Gasteiger partial charge >= 0.3 is 0 Å². The van der Waals surface area contributed by atoms with Gasteiger partial charge in [-0.15, -0.1) is 0 Å². The van der Waals surface area contributed by atoms with Crippen LogP contribution in [0.4, 0.5) is 0 Å². The Labute approximate surface area is 173 Å². The molecule has 7 heteroatoms. The number of benzene rings is 2. The van der Waals surface area contributed by atoms with Crippen molar-refractivity contribution >= 4 is 28.4 Å². The zero-order chi connectivity index (χ0) is 20.1. The standard InChI is InChI=1S/C22H19ClN4O2/c23-17-9-7-16(8-10-17)15-27-20-6-2-1-5-19(20)21(26-27)22(28)25-12-13-29-18-4-3-11-24-14-18/h1-11,14H,12-13,15H2,(H,25,28). The van der Waals surface area contributed by atoms with E-state index >= 15 is 0 Å². The number of para-hydroxylation sites is 1. The van der Waals surface area contributed by atoms with Crippen LogP contribution in [0.5, 0.6) is 5.75 Å². The number of rotatable bonds is 7. The summed E-state index contributed by atoms with van der Waals surface area (Å²) < 4.78 is 7.39. The predicted molar refractivity (Wildman–Crippen MR) is 112 cm³/mol. The van der Waals surface area contributed by atoms with E-state index in [2.05, 4.69) is 15.4 Å². The number of amides is 1. The van der Waals surface area contributed by atoms with Crippen molar-refractivity contribution in [3.63, 3.8) is 0 Å². The SMILES string of the molecule is O=C(NCCOc1cccnc1)c1nn(Cc2ccc(Cl)cc2)c2ccccc12. The van der Waals surface area contributed by atoms with Crippen LogP contribution in [0.2, 0.25) is 5.02 Å². The lowest BCUT2D eigenvalue weighted by molar-refractivity contribution is 0.0942. The van der Waals surface area contributed by atoms with Crippen LogP contribution >= 0.6 is 11.6 Å². The van der Waals surface area contributed by atoms with Gasteiger partial charge < -0.3 is 10.1 Å². The molecule has 2 aromatic carbocycles. The molecule has 0 atom stereocenters. The lowest BCUT2D eigenvalue weighted by Crippen LogP contribution is -2.28. The van der Waals surface area contributed by atoms with Crippen LogP contribution < -0.4 is 10.1 Å². The van der Waals surface area contributed by atoms with Gasteiger partial charge in [0.15, 0.2) is 5.69 Å². The quantitative estimate of drug-likeness (QED) is 0.472. The first-order valence-electron chi connectivity index (χ1n) is 9.22. The first-order chi connectivity index (χ1) is 14.2. The van der Waals surface area contributed by atoms with E-state index < -0.39 is 0 Å². The topological polar surface area (TPSA) is 69.0 Å². The maximum atomic E-state index is 12.7.